The van der Waals surface area contributed by atoms with Crippen molar-refractivity contribution >= 4 is 11.6 Å². The van der Waals surface area contributed by atoms with E-state index in [-0.39, 0.29) is 5.56 Å². The summed E-state index contributed by atoms with van der Waals surface area (Å²) < 4.78 is 1.91. The molecule has 15 heavy (non-hydrogen) atoms. The van der Waals surface area contributed by atoms with E-state index < -0.39 is 0 Å². The van der Waals surface area contributed by atoms with Gasteiger partial charge in [-0.25, -0.2) is 0 Å². The average molecular weight is 226 g/mol. The number of alkyl halides is 1. The molecule has 0 spiro atoms. The average Bonchev–Trinajstić information content (AvgIpc) is 2.70. The summed E-state index contributed by atoms with van der Waals surface area (Å²) in [4.78, 5) is 11.8. The van der Waals surface area contributed by atoms with Crippen molar-refractivity contribution in [1.82, 2.24) is 4.57 Å². The van der Waals surface area contributed by atoms with Crippen molar-refractivity contribution in [3.05, 3.63) is 33.7 Å². The number of rotatable bonds is 3. The third-order valence-electron chi connectivity index (χ3n) is 3.01. The first-order valence-corrected chi connectivity index (χ1v) is 6.03. The summed E-state index contributed by atoms with van der Waals surface area (Å²) in [5, 5.41) is 0. The third-order valence-corrected chi connectivity index (χ3v) is 3.53. The molecule has 2 rings (SSSR count). The van der Waals surface area contributed by atoms with Crippen LogP contribution < -0.4 is 5.56 Å². The Bertz CT molecular complexity index is 411. The predicted molar refractivity (Wildman–Crippen MR) is 62.6 cm³/mol. The lowest BCUT2D eigenvalue weighted by Gasteiger charge is -2.14. The van der Waals surface area contributed by atoms with Crippen LogP contribution in [0.5, 0.6) is 0 Å². The standard InChI is InChI=1S/C12H16ClNO/c1-9(7-13)8-14-11-4-2-3-10(11)5-6-12(14)15/h5-6,9H,2-4,7-8H2,1H3. The lowest BCUT2D eigenvalue weighted by atomic mass is 10.2. The van der Waals surface area contributed by atoms with Crippen LogP contribution in [0.15, 0.2) is 16.9 Å². The molecule has 3 heteroatoms. The molecule has 0 aliphatic heterocycles. The van der Waals surface area contributed by atoms with Crippen molar-refractivity contribution < 1.29 is 0 Å². The first-order chi connectivity index (χ1) is 7.22. The van der Waals surface area contributed by atoms with Gasteiger partial charge in [-0.3, -0.25) is 4.79 Å². The van der Waals surface area contributed by atoms with Crippen molar-refractivity contribution in [3.63, 3.8) is 0 Å². The zero-order valence-electron chi connectivity index (χ0n) is 9.00. The predicted octanol–water partition coefficient (Wildman–Crippen LogP) is 2.21. The van der Waals surface area contributed by atoms with Crippen LogP contribution in [0.4, 0.5) is 0 Å². The van der Waals surface area contributed by atoms with Gasteiger partial charge in [0.1, 0.15) is 0 Å². The Balaban J connectivity index is 2.37. The fourth-order valence-corrected chi connectivity index (χ4v) is 2.29. The summed E-state index contributed by atoms with van der Waals surface area (Å²) in [7, 11) is 0. The minimum Gasteiger partial charge on any atom is -0.312 e. The Morgan fingerprint density at radius 2 is 2.27 bits per heavy atom. The maximum atomic E-state index is 11.8. The molecule has 0 N–H and O–H groups in total. The highest BCUT2D eigenvalue weighted by Crippen LogP contribution is 2.20. The Morgan fingerprint density at radius 3 is 3.00 bits per heavy atom. The molecule has 0 saturated heterocycles. The van der Waals surface area contributed by atoms with E-state index in [1.807, 2.05) is 10.6 Å². The summed E-state index contributed by atoms with van der Waals surface area (Å²) in [5.74, 6) is 0.965. The van der Waals surface area contributed by atoms with E-state index in [2.05, 4.69) is 6.92 Å². The number of pyridine rings is 1. The SMILES string of the molecule is CC(CCl)Cn1c2c(ccc1=O)CCC2. The van der Waals surface area contributed by atoms with Gasteiger partial charge in [0, 0.05) is 24.2 Å². The second-order valence-corrected chi connectivity index (χ2v) is 4.68. The lowest BCUT2D eigenvalue weighted by molar-refractivity contribution is 0.502. The highest BCUT2D eigenvalue weighted by Gasteiger charge is 2.16. The number of fused-ring (bicyclic) bond motifs is 1. The Labute approximate surface area is 94.9 Å². The number of aromatic nitrogens is 1. The molecule has 0 fully saturated rings. The molecule has 1 unspecified atom stereocenters. The second kappa shape index (κ2) is 4.40. The van der Waals surface area contributed by atoms with Gasteiger partial charge in [0.05, 0.1) is 0 Å². The van der Waals surface area contributed by atoms with Gasteiger partial charge in [-0.1, -0.05) is 13.0 Å². The number of hydrogen-bond donors (Lipinski definition) is 0. The van der Waals surface area contributed by atoms with Crippen molar-refractivity contribution in [1.29, 1.82) is 0 Å². The quantitative estimate of drug-likeness (QED) is 0.723. The molecular formula is C12H16ClNO. The maximum absolute atomic E-state index is 11.8. The van der Waals surface area contributed by atoms with Crippen LogP contribution in [0.1, 0.15) is 24.6 Å². The van der Waals surface area contributed by atoms with E-state index in [9.17, 15) is 4.79 Å². The van der Waals surface area contributed by atoms with Crippen LogP contribution in [0.3, 0.4) is 0 Å². The molecule has 0 radical (unpaired) electrons. The van der Waals surface area contributed by atoms with E-state index in [1.54, 1.807) is 6.07 Å². The number of aryl methyl sites for hydroxylation is 1. The van der Waals surface area contributed by atoms with Crippen LogP contribution in [-0.2, 0) is 19.4 Å². The molecule has 2 nitrogen and oxygen atoms in total. The molecule has 1 aromatic rings. The zero-order chi connectivity index (χ0) is 10.8. The first-order valence-electron chi connectivity index (χ1n) is 5.50. The Kier molecular flexibility index (Phi) is 3.15. The van der Waals surface area contributed by atoms with Crippen LogP contribution in [0.2, 0.25) is 0 Å². The molecular weight excluding hydrogens is 210 g/mol. The van der Waals surface area contributed by atoms with Gasteiger partial charge in [0.2, 0.25) is 0 Å². The zero-order valence-corrected chi connectivity index (χ0v) is 9.76. The van der Waals surface area contributed by atoms with Gasteiger partial charge >= 0.3 is 0 Å². The largest absolute Gasteiger partial charge is 0.312 e. The number of nitrogens with zero attached hydrogens (tertiary/aromatic N) is 1. The number of hydrogen-bond acceptors (Lipinski definition) is 1. The summed E-state index contributed by atoms with van der Waals surface area (Å²) in [6.07, 6.45) is 3.33. The van der Waals surface area contributed by atoms with Crippen molar-refractivity contribution in [3.8, 4) is 0 Å². The highest BCUT2D eigenvalue weighted by molar-refractivity contribution is 6.18. The number of halogens is 1. The fraction of sp³-hybridized carbons (Fsp3) is 0.583. The van der Waals surface area contributed by atoms with E-state index >= 15 is 0 Å². The molecule has 0 amide bonds. The summed E-state index contributed by atoms with van der Waals surface area (Å²) in [5.41, 5.74) is 2.70. The van der Waals surface area contributed by atoms with Gasteiger partial charge in [-0.2, -0.15) is 0 Å². The Hall–Kier alpha value is -0.760. The molecule has 1 atom stereocenters. The van der Waals surface area contributed by atoms with Crippen LogP contribution in [0, 0.1) is 5.92 Å². The molecule has 1 aliphatic rings. The van der Waals surface area contributed by atoms with E-state index in [0.717, 1.165) is 19.4 Å². The van der Waals surface area contributed by atoms with Crippen LogP contribution in [0.25, 0.3) is 0 Å². The van der Waals surface area contributed by atoms with Crippen molar-refractivity contribution in [2.24, 2.45) is 5.92 Å². The molecule has 0 bridgehead atoms. The molecule has 1 aromatic heterocycles. The normalized spacial score (nSPS) is 16.4. The van der Waals surface area contributed by atoms with Gasteiger partial charge in [-0.05, 0) is 30.7 Å². The van der Waals surface area contributed by atoms with Gasteiger partial charge in [0.15, 0.2) is 0 Å². The minimum absolute atomic E-state index is 0.118. The van der Waals surface area contributed by atoms with E-state index in [4.69, 9.17) is 11.6 Å². The first kappa shape index (κ1) is 10.7. The second-order valence-electron chi connectivity index (χ2n) is 4.37. The molecule has 0 aromatic carbocycles. The van der Waals surface area contributed by atoms with Crippen LogP contribution >= 0.6 is 11.6 Å². The van der Waals surface area contributed by atoms with Crippen molar-refractivity contribution in [2.75, 3.05) is 5.88 Å². The maximum Gasteiger partial charge on any atom is 0.250 e. The highest BCUT2D eigenvalue weighted by atomic mass is 35.5. The van der Waals surface area contributed by atoms with E-state index in [0.29, 0.717) is 11.8 Å². The minimum atomic E-state index is 0.118. The molecule has 82 valence electrons. The Morgan fingerprint density at radius 1 is 1.47 bits per heavy atom. The third kappa shape index (κ3) is 2.10. The monoisotopic (exact) mass is 225 g/mol. The summed E-state index contributed by atoms with van der Waals surface area (Å²) in [6.45, 7) is 2.83. The van der Waals surface area contributed by atoms with E-state index in [1.165, 1.54) is 17.7 Å². The van der Waals surface area contributed by atoms with Gasteiger partial charge in [0.25, 0.3) is 5.56 Å². The molecule has 1 aliphatic carbocycles. The van der Waals surface area contributed by atoms with Gasteiger partial charge in [-0.15, -0.1) is 11.6 Å². The molecule has 0 saturated carbocycles. The summed E-state index contributed by atoms with van der Waals surface area (Å²) >= 11 is 5.79. The summed E-state index contributed by atoms with van der Waals surface area (Å²) in [6, 6.07) is 3.66. The lowest BCUT2D eigenvalue weighted by Crippen LogP contribution is -2.26. The van der Waals surface area contributed by atoms with Gasteiger partial charge < -0.3 is 4.57 Å². The van der Waals surface area contributed by atoms with Crippen LogP contribution in [-0.4, -0.2) is 10.4 Å². The fourth-order valence-electron chi connectivity index (χ4n) is 2.19. The van der Waals surface area contributed by atoms with Crippen molar-refractivity contribution in [2.45, 2.75) is 32.7 Å². The molecule has 1 heterocycles. The topological polar surface area (TPSA) is 22.0 Å². The smallest absolute Gasteiger partial charge is 0.250 e.